The molecule has 28 heavy (non-hydrogen) atoms. The molecule has 5 nitrogen and oxygen atoms in total. The fourth-order valence-electron chi connectivity index (χ4n) is 3.21. The van der Waals surface area contributed by atoms with E-state index in [2.05, 4.69) is 5.32 Å². The molecule has 1 aromatic carbocycles. The van der Waals surface area contributed by atoms with Gasteiger partial charge in [-0.05, 0) is 36.1 Å². The van der Waals surface area contributed by atoms with Crippen molar-refractivity contribution >= 4 is 22.9 Å². The van der Waals surface area contributed by atoms with Crippen LogP contribution in [0.15, 0.2) is 35.7 Å². The van der Waals surface area contributed by atoms with E-state index in [-0.39, 0.29) is 23.2 Å². The number of halogens is 3. The number of carbonyl (C=O) groups excluding carboxylic acids is 1. The van der Waals surface area contributed by atoms with E-state index in [9.17, 15) is 23.2 Å². The Balaban J connectivity index is 1.65. The molecule has 1 aliphatic heterocycles. The van der Waals surface area contributed by atoms with Crippen LogP contribution in [0.4, 0.5) is 18.9 Å². The number of anilines is 1. The minimum Gasteiger partial charge on any atom is -0.368 e. The van der Waals surface area contributed by atoms with Gasteiger partial charge in [-0.1, -0.05) is 6.07 Å². The quantitative estimate of drug-likeness (QED) is 0.797. The van der Waals surface area contributed by atoms with Crippen molar-refractivity contribution in [1.82, 2.24) is 5.32 Å². The maximum atomic E-state index is 13.0. The lowest BCUT2D eigenvalue weighted by Gasteiger charge is -2.22. The summed E-state index contributed by atoms with van der Waals surface area (Å²) in [5, 5.41) is 14.0. The minimum atomic E-state index is -4.48. The lowest BCUT2D eigenvalue weighted by molar-refractivity contribution is -0.137. The van der Waals surface area contributed by atoms with E-state index in [1.807, 2.05) is 23.6 Å². The summed E-state index contributed by atoms with van der Waals surface area (Å²) >= 11 is 1.53. The van der Waals surface area contributed by atoms with Crippen LogP contribution in [0.1, 0.15) is 22.4 Å². The molecule has 0 bridgehead atoms. The van der Waals surface area contributed by atoms with Crippen molar-refractivity contribution < 1.29 is 18.0 Å². The summed E-state index contributed by atoms with van der Waals surface area (Å²) in [4.78, 5) is 15.0. The van der Waals surface area contributed by atoms with Crippen LogP contribution in [-0.4, -0.2) is 31.1 Å². The third kappa shape index (κ3) is 4.64. The maximum Gasteiger partial charge on any atom is 0.416 e. The van der Waals surface area contributed by atoms with Gasteiger partial charge in [0.25, 0.3) is 0 Å². The highest BCUT2D eigenvalue weighted by atomic mass is 32.1. The topological polar surface area (TPSA) is 82.2 Å². The number of amides is 1. The van der Waals surface area contributed by atoms with Crippen LogP contribution in [0.5, 0.6) is 0 Å². The number of hydrogen-bond donors (Lipinski definition) is 2. The number of nitrogens with two attached hydrogens (primary N) is 1. The van der Waals surface area contributed by atoms with Crippen LogP contribution in [0, 0.1) is 11.3 Å². The highest BCUT2D eigenvalue weighted by Crippen LogP contribution is 2.34. The van der Waals surface area contributed by atoms with E-state index >= 15 is 0 Å². The number of alkyl halides is 3. The van der Waals surface area contributed by atoms with Gasteiger partial charge in [0.2, 0.25) is 5.91 Å². The summed E-state index contributed by atoms with van der Waals surface area (Å²) in [5.74, 6) is -0.287. The third-order valence-corrected chi connectivity index (χ3v) is 5.56. The Morgan fingerprint density at radius 1 is 1.43 bits per heavy atom. The van der Waals surface area contributed by atoms with Gasteiger partial charge in [-0.3, -0.25) is 4.79 Å². The van der Waals surface area contributed by atoms with Gasteiger partial charge in [-0.2, -0.15) is 18.4 Å². The minimum absolute atomic E-state index is 0.175. The van der Waals surface area contributed by atoms with Crippen molar-refractivity contribution in [2.75, 3.05) is 18.0 Å². The lowest BCUT2D eigenvalue weighted by atomic mass is 10.1. The number of nitrogens with one attached hydrogen (secondary N) is 1. The zero-order valence-electron chi connectivity index (χ0n) is 14.9. The van der Waals surface area contributed by atoms with E-state index in [4.69, 9.17) is 5.73 Å². The molecular formula is C19H19F3N4OS. The molecule has 1 aliphatic rings. The standard InChI is InChI=1S/C19H19F3N4OS/c20-19(21,22)13-4-3-12(10-23)17(8-13)26-6-5-14(11-26)25-18(27)16(24)9-15-2-1-7-28-15/h1-4,7-8,14,16H,5-6,9,11,24H2,(H,25,27)/t14-,16-/m0/s1. The second-order valence-electron chi connectivity index (χ2n) is 6.67. The largest absolute Gasteiger partial charge is 0.416 e. The molecule has 2 aromatic rings. The van der Waals surface area contributed by atoms with Crippen molar-refractivity contribution in [1.29, 1.82) is 5.26 Å². The first-order valence-electron chi connectivity index (χ1n) is 8.72. The maximum absolute atomic E-state index is 13.0. The molecule has 148 valence electrons. The van der Waals surface area contributed by atoms with Gasteiger partial charge in [0.1, 0.15) is 6.07 Å². The summed E-state index contributed by atoms with van der Waals surface area (Å²) in [7, 11) is 0. The Bertz CT molecular complexity index is 876. The summed E-state index contributed by atoms with van der Waals surface area (Å²) in [5.41, 5.74) is 5.57. The molecule has 1 saturated heterocycles. The van der Waals surface area contributed by atoms with E-state index in [0.717, 1.165) is 17.0 Å². The Morgan fingerprint density at radius 3 is 2.86 bits per heavy atom. The third-order valence-electron chi connectivity index (χ3n) is 4.66. The van der Waals surface area contributed by atoms with Crippen LogP contribution < -0.4 is 16.0 Å². The molecule has 2 heterocycles. The number of nitrogens with zero attached hydrogens (tertiary/aromatic N) is 2. The summed E-state index contributed by atoms with van der Waals surface area (Å²) in [6.45, 7) is 0.772. The van der Waals surface area contributed by atoms with E-state index < -0.39 is 17.8 Å². The fraction of sp³-hybridized carbons (Fsp3) is 0.368. The van der Waals surface area contributed by atoms with E-state index in [0.29, 0.717) is 25.9 Å². The SMILES string of the molecule is N#Cc1ccc(C(F)(F)F)cc1N1CC[C@H](NC(=O)[C@@H](N)Cc2cccs2)C1. The van der Waals surface area contributed by atoms with Crippen molar-refractivity contribution in [3.05, 3.63) is 51.7 Å². The number of carbonyl (C=O) groups is 1. The Hall–Kier alpha value is -2.57. The molecular weight excluding hydrogens is 389 g/mol. The van der Waals surface area contributed by atoms with E-state index in [1.165, 1.54) is 17.4 Å². The van der Waals surface area contributed by atoms with Gasteiger partial charge in [0, 0.05) is 30.4 Å². The first kappa shape index (κ1) is 20.2. The van der Waals surface area contributed by atoms with Gasteiger partial charge in [0.15, 0.2) is 0 Å². The predicted molar refractivity (Wildman–Crippen MR) is 101 cm³/mol. The molecule has 9 heteroatoms. The van der Waals surface area contributed by atoms with Crippen molar-refractivity contribution in [3.63, 3.8) is 0 Å². The molecule has 1 fully saturated rings. The smallest absolute Gasteiger partial charge is 0.368 e. The average Bonchev–Trinajstić information content (AvgIpc) is 3.32. The Labute approximate surface area is 164 Å². The van der Waals surface area contributed by atoms with Gasteiger partial charge < -0.3 is 16.0 Å². The Kier molecular flexibility index (Phi) is 5.91. The van der Waals surface area contributed by atoms with Crippen LogP contribution in [0.25, 0.3) is 0 Å². The molecule has 1 aromatic heterocycles. The summed E-state index contributed by atoms with van der Waals surface area (Å²) in [6.07, 6.45) is -3.48. The Morgan fingerprint density at radius 2 is 2.21 bits per heavy atom. The normalized spacial score (nSPS) is 18.0. The molecule has 0 saturated carbocycles. The number of benzene rings is 1. The monoisotopic (exact) mass is 408 g/mol. The molecule has 1 amide bonds. The van der Waals surface area contributed by atoms with Crippen LogP contribution >= 0.6 is 11.3 Å². The van der Waals surface area contributed by atoms with Crippen molar-refractivity contribution in [3.8, 4) is 6.07 Å². The first-order chi connectivity index (χ1) is 13.3. The molecule has 3 rings (SSSR count). The molecule has 3 N–H and O–H groups in total. The average molecular weight is 408 g/mol. The molecule has 0 spiro atoms. The predicted octanol–water partition coefficient (Wildman–Crippen LogP) is 2.90. The number of rotatable bonds is 5. The number of thiophene rings is 1. The lowest BCUT2D eigenvalue weighted by Crippen LogP contribution is -2.47. The second-order valence-corrected chi connectivity index (χ2v) is 7.70. The second kappa shape index (κ2) is 8.20. The van der Waals surface area contributed by atoms with Gasteiger partial charge >= 0.3 is 6.18 Å². The number of hydrogen-bond acceptors (Lipinski definition) is 5. The highest BCUT2D eigenvalue weighted by Gasteiger charge is 2.33. The fourth-order valence-corrected chi connectivity index (χ4v) is 3.97. The zero-order chi connectivity index (χ0) is 20.3. The first-order valence-corrected chi connectivity index (χ1v) is 9.60. The molecule has 0 aliphatic carbocycles. The van der Waals surface area contributed by atoms with Gasteiger partial charge in [-0.15, -0.1) is 11.3 Å². The van der Waals surface area contributed by atoms with Gasteiger partial charge in [0.05, 0.1) is 22.9 Å². The van der Waals surface area contributed by atoms with Gasteiger partial charge in [-0.25, -0.2) is 0 Å². The van der Waals surface area contributed by atoms with Crippen LogP contribution in [0.2, 0.25) is 0 Å². The van der Waals surface area contributed by atoms with E-state index in [1.54, 1.807) is 4.90 Å². The van der Waals surface area contributed by atoms with Crippen molar-refractivity contribution in [2.45, 2.75) is 31.1 Å². The summed E-state index contributed by atoms with van der Waals surface area (Å²) < 4.78 is 39.0. The number of nitriles is 1. The van der Waals surface area contributed by atoms with Crippen LogP contribution in [0.3, 0.4) is 0 Å². The molecule has 2 atom stereocenters. The molecule has 0 radical (unpaired) electrons. The van der Waals surface area contributed by atoms with Crippen molar-refractivity contribution in [2.24, 2.45) is 5.73 Å². The van der Waals surface area contributed by atoms with Crippen LogP contribution in [-0.2, 0) is 17.4 Å². The summed E-state index contributed by atoms with van der Waals surface area (Å²) in [6, 6.07) is 7.89. The zero-order valence-corrected chi connectivity index (χ0v) is 15.7. The molecule has 0 unspecified atom stereocenters. The highest BCUT2D eigenvalue weighted by molar-refractivity contribution is 7.09.